The maximum absolute atomic E-state index is 12.9. The average Bonchev–Trinajstić information content (AvgIpc) is 3.11. The summed E-state index contributed by atoms with van der Waals surface area (Å²) in [7, 11) is 0. The molecular weight excluding hydrogens is 351 g/mol. The Morgan fingerprint density at radius 3 is 2.56 bits per heavy atom. The van der Waals surface area contributed by atoms with Crippen molar-refractivity contribution < 1.29 is 23.5 Å². The number of ether oxygens (including phenoxy) is 1. The molecule has 0 unspecified atom stereocenters. The van der Waals surface area contributed by atoms with Crippen molar-refractivity contribution in [2.24, 2.45) is 0 Å². The van der Waals surface area contributed by atoms with E-state index in [0.29, 0.717) is 18.7 Å². The lowest BCUT2D eigenvalue weighted by molar-refractivity contribution is -0.124. The second-order valence-corrected chi connectivity index (χ2v) is 6.15. The number of nitrogens with zero attached hydrogens (tertiary/aromatic N) is 1. The Morgan fingerprint density at radius 1 is 1.11 bits per heavy atom. The molecular formula is C20H19FN2O4. The predicted molar refractivity (Wildman–Crippen MR) is 96.6 cm³/mol. The molecule has 2 amide bonds. The number of hydrogen-bond acceptors (Lipinski definition) is 4. The first-order valence-electron chi connectivity index (χ1n) is 8.62. The van der Waals surface area contributed by atoms with Gasteiger partial charge >= 0.3 is 5.97 Å². The number of carbonyl (C=O) groups is 3. The summed E-state index contributed by atoms with van der Waals surface area (Å²) >= 11 is 0. The summed E-state index contributed by atoms with van der Waals surface area (Å²) in [6.07, 6.45) is 1.20. The highest BCUT2D eigenvalue weighted by Crippen LogP contribution is 2.25. The summed E-state index contributed by atoms with van der Waals surface area (Å²) in [6, 6.07) is 12.4. The van der Waals surface area contributed by atoms with Crippen LogP contribution in [-0.2, 0) is 20.9 Å². The maximum atomic E-state index is 12.9. The zero-order valence-corrected chi connectivity index (χ0v) is 14.6. The number of esters is 1. The van der Waals surface area contributed by atoms with Gasteiger partial charge in [-0.05, 0) is 36.2 Å². The Hall–Kier alpha value is -3.22. The summed E-state index contributed by atoms with van der Waals surface area (Å²) < 4.78 is 17.9. The number of halogens is 1. The van der Waals surface area contributed by atoms with Crippen molar-refractivity contribution >= 4 is 23.5 Å². The second-order valence-electron chi connectivity index (χ2n) is 6.15. The van der Waals surface area contributed by atoms with Gasteiger partial charge in [0.05, 0.1) is 11.3 Å². The quantitative estimate of drug-likeness (QED) is 0.793. The molecule has 27 heavy (non-hydrogen) atoms. The smallest absolute Gasteiger partial charge is 0.340 e. The topological polar surface area (TPSA) is 75.7 Å². The molecule has 0 saturated carbocycles. The number of anilines is 1. The Labute approximate surface area is 155 Å². The predicted octanol–water partition coefficient (Wildman–Crippen LogP) is 2.43. The zero-order valence-electron chi connectivity index (χ0n) is 14.6. The van der Waals surface area contributed by atoms with Crippen molar-refractivity contribution in [1.82, 2.24) is 5.32 Å². The number of carbonyl (C=O) groups excluding carboxylic acids is 3. The number of rotatable bonds is 6. The van der Waals surface area contributed by atoms with Gasteiger partial charge in [-0.15, -0.1) is 0 Å². The number of benzene rings is 2. The van der Waals surface area contributed by atoms with Crippen LogP contribution < -0.4 is 10.2 Å². The molecule has 6 nitrogen and oxygen atoms in total. The molecule has 3 rings (SSSR count). The molecule has 1 N–H and O–H groups in total. The molecule has 1 saturated heterocycles. The first kappa shape index (κ1) is 18.6. The van der Waals surface area contributed by atoms with Gasteiger partial charge in [-0.25, -0.2) is 9.18 Å². The third-order valence-corrected chi connectivity index (χ3v) is 4.23. The number of amides is 2. The molecule has 0 aromatic heterocycles. The summed E-state index contributed by atoms with van der Waals surface area (Å²) in [6.45, 7) is 0.319. The van der Waals surface area contributed by atoms with Crippen LogP contribution in [0.25, 0.3) is 0 Å². The Kier molecular flexibility index (Phi) is 5.80. The third-order valence-electron chi connectivity index (χ3n) is 4.23. The first-order valence-corrected chi connectivity index (χ1v) is 8.62. The van der Waals surface area contributed by atoms with E-state index in [2.05, 4.69) is 5.32 Å². The van der Waals surface area contributed by atoms with Gasteiger partial charge in [0.15, 0.2) is 6.61 Å². The lowest BCUT2D eigenvalue weighted by Crippen LogP contribution is -2.29. The fourth-order valence-corrected chi connectivity index (χ4v) is 2.85. The third kappa shape index (κ3) is 4.69. The van der Waals surface area contributed by atoms with Crippen LogP contribution in [0, 0.1) is 5.82 Å². The Balaban J connectivity index is 1.55. The van der Waals surface area contributed by atoms with Gasteiger partial charge in [-0.2, -0.15) is 0 Å². The minimum Gasteiger partial charge on any atom is -0.452 e. The molecule has 0 bridgehead atoms. The standard InChI is InChI=1S/C20H19FN2O4/c21-15-9-7-14(8-10-15)12-22-18(24)13-27-20(26)16-4-1-2-5-17(16)23-11-3-6-19(23)25/h1-2,4-5,7-10H,3,6,11-13H2,(H,22,24). The first-order chi connectivity index (χ1) is 13.0. The monoisotopic (exact) mass is 370 g/mol. The van der Waals surface area contributed by atoms with Gasteiger partial charge < -0.3 is 15.0 Å². The van der Waals surface area contributed by atoms with Crippen molar-refractivity contribution in [3.63, 3.8) is 0 Å². The van der Waals surface area contributed by atoms with Gasteiger partial charge in [0.2, 0.25) is 5.91 Å². The van der Waals surface area contributed by atoms with Crippen molar-refractivity contribution in [2.75, 3.05) is 18.1 Å². The lowest BCUT2D eigenvalue weighted by Gasteiger charge is -2.18. The number of nitrogens with one attached hydrogen (secondary N) is 1. The minimum atomic E-state index is -0.665. The molecule has 1 heterocycles. The van der Waals surface area contributed by atoms with E-state index in [-0.39, 0.29) is 23.8 Å². The van der Waals surface area contributed by atoms with Crippen molar-refractivity contribution in [3.8, 4) is 0 Å². The summed E-state index contributed by atoms with van der Waals surface area (Å²) in [5, 5.41) is 2.60. The molecule has 1 fully saturated rings. The SMILES string of the molecule is O=C(COC(=O)c1ccccc1N1CCCC1=O)NCc1ccc(F)cc1. The van der Waals surface area contributed by atoms with E-state index in [1.807, 2.05) is 0 Å². The van der Waals surface area contributed by atoms with Crippen LogP contribution in [0.5, 0.6) is 0 Å². The van der Waals surface area contributed by atoms with Crippen LogP contribution in [0.2, 0.25) is 0 Å². The second kappa shape index (κ2) is 8.44. The summed E-state index contributed by atoms with van der Waals surface area (Å²) in [4.78, 5) is 37.8. The average molecular weight is 370 g/mol. The van der Waals surface area contributed by atoms with Gasteiger partial charge in [-0.1, -0.05) is 24.3 Å². The number of hydrogen-bond donors (Lipinski definition) is 1. The van der Waals surface area contributed by atoms with E-state index in [0.717, 1.165) is 12.0 Å². The van der Waals surface area contributed by atoms with E-state index >= 15 is 0 Å². The highest BCUT2D eigenvalue weighted by molar-refractivity contribution is 6.03. The zero-order chi connectivity index (χ0) is 19.2. The fraction of sp³-hybridized carbons (Fsp3) is 0.250. The van der Waals surface area contributed by atoms with Gasteiger partial charge in [0.1, 0.15) is 5.82 Å². The summed E-state index contributed by atoms with van der Waals surface area (Å²) in [5.74, 6) is -1.52. The fourth-order valence-electron chi connectivity index (χ4n) is 2.85. The van der Waals surface area contributed by atoms with Crippen LogP contribution in [-0.4, -0.2) is 30.9 Å². The van der Waals surface area contributed by atoms with Gasteiger partial charge in [0.25, 0.3) is 5.91 Å². The van der Waals surface area contributed by atoms with E-state index in [9.17, 15) is 18.8 Å². The molecule has 2 aromatic carbocycles. The normalized spacial score (nSPS) is 13.5. The lowest BCUT2D eigenvalue weighted by atomic mass is 10.1. The van der Waals surface area contributed by atoms with E-state index < -0.39 is 18.5 Å². The molecule has 140 valence electrons. The van der Waals surface area contributed by atoms with Crippen molar-refractivity contribution in [3.05, 3.63) is 65.5 Å². The Morgan fingerprint density at radius 2 is 1.85 bits per heavy atom. The summed E-state index contributed by atoms with van der Waals surface area (Å²) in [5.41, 5.74) is 1.48. The van der Waals surface area contributed by atoms with Crippen molar-refractivity contribution in [1.29, 1.82) is 0 Å². The van der Waals surface area contributed by atoms with E-state index in [1.165, 1.54) is 12.1 Å². The molecule has 0 atom stereocenters. The molecule has 1 aliphatic heterocycles. The van der Waals surface area contributed by atoms with Gasteiger partial charge in [-0.3, -0.25) is 9.59 Å². The van der Waals surface area contributed by atoms with E-state index in [4.69, 9.17) is 4.74 Å². The number of para-hydroxylation sites is 1. The van der Waals surface area contributed by atoms with Crippen LogP contribution in [0.1, 0.15) is 28.8 Å². The highest BCUT2D eigenvalue weighted by atomic mass is 19.1. The molecule has 7 heteroatoms. The van der Waals surface area contributed by atoms with E-state index in [1.54, 1.807) is 41.3 Å². The Bertz CT molecular complexity index is 851. The molecule has 0 aliphatic carbocycles. The maximum Gasteiger partial charge on any atom is 0.340 e. The molecule has 2 aromatic rings. The molecule has 0 radical (unpaired) electrons. The minimum absolute atomic E-state index is 0.0349. The van der Waals surface area contributed by atoms with Crippen LogP contribution >= 0.6 is 0 Å². The molecule has 1 aliphatic rings. The molecule has 0 spiro atoms. The van der Waals surface area contributed by atoms with Crippen LogP contribution in [0.15, 0.2) is 48.5 Å². The van der Waals surface area contributed by atoms with Crippen LogP contribution in [0.4, 0.5) is 10.1 Å². The van der Waals surface area contributed by atoms with Crippen molar-refractivity contribution in [2.45, 2.75) is 19.4 Å². The highest BCUT2D eigenvalue weighted by Gasteiger charge is 2.26. The van der Waals surface area contributed by atoms with Gasteiger partial charge in [0, 0.05) is 19.5 Å². The van der Waals surface area contributed by atoms with Crippen LogP contribution in [0.3, 0.4) is 0 Å². The largest absolute Gasteiger partial charge is 0.452 e.